The molecule has 0 aliphatic carbocycles. The largest absolute Gasteiger partial charge is 0.456 e. The van der Waals surface area contributed by atoms with Crippen LogP contribution in [0.5, 0.6) is 0 Å². The van der Waals surface area contributed by atoms with Gasteiger partial charge in [-0.15, -0.1) is 0 Å². The third-order valence-electron chi connectivity index (χ3n) is 13.4. The van der Waals surface area contributed by atoms with Crippen molar-refractivity contribution in [2.24, 2.45) is 0 Å². The number of furan rings is 2. The lowest BCUT2D eigenvalue weighted by Gasteiger charge is -2.24. The van der Waals surface area contributed by atoms with E-state index in [0.29, 0.717) is 0 Å². The van der Waals surface area contributed by atoms with Crippen LogP contribution in [0.15, 0.2) is 215 Å². The number of hydrogen-bond acceptors (Lipinski definition) is 2. The fraction of sp³-hybridized carbons (Fsp3) is 0. The van der Waals surface area contributed by atoms with Crippen LogP contribution in [0.4, 0.5) is 0 Å². The summed E-state index contributed by atoms with van der Waals surface area (Å²) in [6.07, 6.45) is 0. The second kappa shape index (κ2) is 12.7. The molecule has 0 aliphatic rings. The van der Waals surface area contributed by atoms with Crippen molar-refractivity contribution < 1.29 is 8.83 Å². The molecule has 0 bridgehead atoms. The average molecular weight is 787 g/mol. The summed E-state index contributed by atoms with van der Waals surface area (Å²) < 4.78 is 12.6. The molecule has 0 radical (unpaired) electrons. The lowest BCUT2D eigenvalue weighted by molar-refractivity contribution is 0.656. The van der Waals surface area contributed by atoms with E-state index >= 15 is 0 Å². The molecule has 2 heterocycles. The summed E-state index contributed by atoms with van der Waals surface area (Å²) in [5, 5.41) is 17.4. The molecular weight excluding hydrogens is 753 g/mol. The van der Waals surface area contributed by atoms with E-state index < -0.39 is 0 Å². The molecule has 286 valence electrons. The lowest BCUT2D eigenvalue weighted by atomic mass is 9.79. The Hall–Kier alpha value is -8.20. The van der Waals surface area contributed by atoms with E-state index in [9.17, 15) is 0 Å². The van der Waals surface area contributed by atoms with Crippen molar-refractivity contribution in [2.75, 3.05) is 0 Å². The van der Waals surface area contributed by atoms with Gasteiger partial charge in [-0.05, 0) is 129 Å². The monoisotopic (exact) mass is 786 g/mol. The first-order valence-corrected chi connectivity index (χ1v) is 21.3. The summed E-state index contributed by atoms with van der Waals surface area (Å²) in [5.74, 6) is 0. The van der Waals surface area contributed by atoms with Gasteiger partial charge in [0, 0.05) is 27.6 Å². The zero-order valence-electron chi connectivity index (χ0n) is 33.4. The van der Waals surface area contributed by atoms with Gasteiger partial charge in [0.2, 0.25) is 0 Å². The van der Waals surface area contributed by atoms with E-state index in [2.05, 4.69) is 188 Å². The number of rotatable bonds is 4. The first kappa shape index (κ1) is 33.6. The highest BCUT2D eigenvalue weighted by atomic mass is 16.3. The normalized spacial score (nSPS) is 12.2. The van der Waals surface area contributed by atoms with Gasteiger partial charge >= 0.3 is 0 Å². The highest BCUT2D eigenvalue weighted by Crippen LogP contribution is 2.52. The summed E-state index contributed by atoms with van der Waals surface area (Å²) in [4.78, 5) is 0. The minimum atomic E-state index is 0.830. The Bertz CT molecular complexity index is 4120. The fourth-order valence-electron chi connectivity index (χ4n) is 10.7. The van der Waals surface area contributed by atoms with E-state index in [1.54, 1.807) is 0 Å². The fourth-order valence-corrected chi connectivity index (χ4v) is 10.7. The highest BCUT2D eigenvalue weighted by Gasteiger charge is 2.24. The molecule has 2 nitrogen and oxygen atoms in total. The lowest BCUT2D eigenvalue weighted by Crippen LogP contribution is -1.96. The molecular formula is C60H34O2. The van der Waals surface area contributed by atoms with Crippen molar-refractivity contribution in [2.45, 2.75) is 0 Å². The van der Waals surface area contributed by atoms with E-state index in [-0.39, 0.29) is 0 Å². The van der Waals surface area contributed by atoms with Crippen LogP contribution in [-0.2, 0) is 0 Å². The van der Waals surface area contributed by atoms with Crippen molar-refractivity contribution in [3.63, 3.8) is 0 Å². The van der Waals surface area contributed by atoms with Crippen molar-refractivity contribution in [3.05, 3.63) is 206 Å². The zero-order valence-corrected chi connectivity index (χ0v) is 33.4. The highest BCUT2D eigenvalue weighted by molar-refractivity contribution is 6.43. The predicted molar refractivity (Wildman–Crippen MR) is 261 cm³/mol. The summed E-state index contributed by atoms with van der Waals surface area (Å²) in [6.45, 7) is 0. The van der Waals surface area contributed by atoms with Crippen LogP contribution >= 0.6 is 0 Å². The van der Waals surface area contributed by atoms with Gasteiger partial charge in [0.05, 0.1) is 0 Å². The van der Waals surface area contributed by atoms with Crippen LogP contribution in [0.1, 0.15) is 0 Å². The first-order valence-electron chi connectivity index (χ1n) is 21.3. The quantitative estimate of drug-likeness (QED) is 0.131. The maximum Gasteiger partial charge on any atom is 0.139 e. The molecule has 0 N–H and O–H groups in total. The molecule has 0 unspecified atom stereocenters. The predicted octanol–water partition coefficient (Wildman–Crippen LogP) is 17.4. The SMILES string of the molecule is c1ccc(-c2cc(-c3ccc(-c4ccc5oc6cc7oc8ccccc8c7cc6c5c4)cc3)c(-c3ccccc3)c3c4cccc5c6ccccc6c6cccc(c23)c6c54)cc1. The van der Waals surface area contributed by atoms with Crippen molar-refractivity contribution in [1.82, 2.24) is 0 Å². The molecule has 0 fully saturated rings. The summed E-state index contributed by atoms with van der Waals surface area (Å²) >= 11 is 0. The van der Waals surface area contributed by atoms with Gasteiger partial charge in [-0.25, -0.2) is 0 Å². The Balaban J connectivity index is 1.03. The second-order valence-electron chi connectivity index (χ2n) is 16.7. The number of benzene rings is 12. The smallest absolute Gasteiger partial charge is 0.139 e. The third kappa shape index (κ3) is 4.69. The molecule has 14 rings (SSSR count). The number of fused-ring (bicyclic) bond motifs is 12. The van der Waals surface area contributed by atoms with Crippen LogP contribution in [0, 0.1) is 0 Å². The van der Waals surface area contributed by atoms with Gasteiger partial charge in [-0.3, -0.25) is 0 Å². The van der Waals surface area contributed by atoms with Gasteiger partial charge in [0.25, 0.3) is 0 Å². The molecule has 0 amide bonds. The topological polar surface area (TPSA) is 26.3 Å². The minimum absolute atomic E-state index is 0.830. The summed E-state index contributed by atoms with van der Waals surface area (Å²) in [7, 11) is 0. The maximum atomic E-state index is 6.39. The molecule has 2 aromatic heterocycles. The first-order chi connectivity index (χ1) is 30.7. The maximum absolute atomic E-state index is 6.39. The summed E-state index contributed by atoms with van der Waals surface area (Å²) in [5.41, 5.74) is 13.0. The third-order valence-corrected chi connectivity index (χ3v) is 13.4. The number of hydrogen-bond donors (Lipinski definition) is 0. The van der Waals surface area contributed by atoms with Crippen molar-refractivity contribution in [3.8, 4) is 44.5 Å². The Morgan fingerprint density at radius 1 is 0.210 bits per heavy atom. The molecule has 0 spiro atoms. The molecule has 62 heavy (non-hydrogen) atoms. The van der Waals surface area contributed by atoms with Crippen LogP contribution in [0.25, 0.3) is 142 Å². The van der Waals surface area contributed by atoms with E-state index in [0.717, 1.165) is 55.0 Å². The minimum Gasteiger partial charge on any atom is -0.456 e. The van der Waals surface area contributed by atoms with Crippen LogP contribution in [0.3, 0.4) is 0 Å². The number of para-hydroxylation sites is 1. The molecule has 2 heteroatoms. The van der Waals surface area contributed by atoms with E-state index in [1.165, 1.54) is 87.2 Å². The van der Waals surface area contributed by atoms with Gasteiger partial charge in [-0.2, -0.15) is 0 Å². The van der Waals surface area contributed by atoms with Gasteiger partial charge in [0.1, 0.15) is 22.3 Å². The van der Waals surface area contributed by atoms with Gasteiger partial charge in [0.15, 0.2) is 0 Å². The van der Waals surface area contributed by atoms with Crippen LogP contribution in [-0.4, -0.2) is 0 Å². The Kier molecular flexibility index (Phi) is 6.86. The molecule has 0 saturated heterocycles. The Morgan fingerprint density at radius 3 is 1.39 bits per heavy atom. The van der Waals surface area contributed by atoms with Crippen LogP contribution < -0.4 is 0 Å². The van der Waals surface area contributed by atoms with Crippen molar-refractivity contribution >= 4 is 97.7 Å². The van der Waals surface area contributed by atoms with E-state index in [4.69, 9.17) is 8.83 Å². The zero-order chi connectivity index (χ0) is 40.5. The molecule has 0 saturated carbocycles. The van der Waals surface area contributed by atoms with E-state index in [1.807, 2.05) is 18.2 Å². The molecule has 12 aromatic carbocycles. The second-order valence-corrected chi connectivity index (χ2v) is 16.7. The standard InChI is InChI=1S/C60H34O2/c1-3-13-36(14-4-1)48-32-47(37-27-25-35(26-28-37)39-29-30-53-49(31-39)51-33-50-42-19-9-10-24-52(42)61-54(50)34-55(51)62-53)56(38-15-5-2-6-16-38)60-46-23-12-21-44-41-18-8-7-17-40(41)43-20-11-22-45(59(48)60)57(43)58(44)46/h1-34H. The Morgan fingerprint density at radius 2 is 0.694 bits per heavy atom. The van der Waals surface area contributed by atoms with Crippen molar-refractivity contribution in [1.29, 1.82) is 0 Å². The summed E-state index contributed by atoms with van der Waals surface area (Å²) in [6, 6.07) is 75.4. The van der Waals surface area contributed by atoms with Gasteiger partial charge in [-0.1, -0.05) is 170 Å². The molecule has 0 aliphatic heterocycles. The molecule has 14 aromatic rings. The van der Waals surface area contributed by atoms with Crippen LogP contribution in [0.2, 0.25) is 0 Å². The average Bonchev–Trinajstić information content (AvgIpc) is 3.89. The van der Waals surface area contributed by atoms with Gasteiger partial charge < -0.3 is 8.83 Å². The molecule has 0 atom stereocenters. The Labute approximate surface area is 355 Å².